The van der Waals surface area contributed by atoms with Crippen LogP contribution in [-0.4, -0.2) is 74.9 Å². The molecule has 5 rings (SSSR count). The predicted octanol–water partition coefficient (Wildman–Crippen LogP) is 3.90. The molecule has 2 aliphatic rings. The van der Waals surface area contributed by atoms with E-state index < -0.39 is 0 Å². The lowest BCUT2D eigenvalue weighted by Gasteiger charge is -2.35. The highest BCUT2D eigenvalue weighted by atomic mass is 16.5. The van der Waals surface area contributed by atoms with Crippen LogP contribution in [0.5, 0.6) is 5.75 Å². The van der Waals surface area contributed by atoms with E-state index in [1.165, 1.54) is 37.1 Å². The highest BCUT2D eigenvalue weighted by Crippen LogP contribution is 2.29. The van der Waals surface area contributed by atoms with E-state index in [-0.39, 0.29) is 6.10 Å². The van der Waals surface area contributed by atoms with Crippen molar-refractivity contribution < 1.29 is 9.84 Å². The number of aryl methyl sites for hydroxylation is 4. The first-order chi connectivity index (χ1) is 17.4. The van der Waals surface area contributed by atoms with Crippen molar-refractivity contribution in [2.24, 2.45) is 0 Å². The van der Waals surface area contributed by atoms with Gasteiger partial charge in [-0.15, -0.1) is 0 Å². The summed E-state index contributed by atoms with van der Waals surface area (Å²) < 4.78 is 8.25. The lowest BCUT2D eigenvalue weighted by Crippen LogP contribution is -2.49. The van der Waals surface area contributed by atoms with E-state index in [1.54, 1.807) is 0 Å². The maximum absolute atomic E-state index is 9.59. The molecule has 2 saturated heterocycles. The zero-order chi connectivity index (χ0) is 25.2. The predicted molar refractivity (Wildman–Crippen MR) is 142 cm³/mol. The Morgan fingerprint density at radius 2 is 1.69 bits per heavy atom. The molecule has 0 bridgehead atoms. The Bertz CT molecular complexity index is 1190. The molecule has 0 atom stereocenters. The lowest BCUT2D eigenvalue weighted by atomic mass is 10.1. The quantitative estimate of drug-likeness (QED) is 0.471. The fraction of sp³-hybridized carbons (Fsp3) is 0.500. The highest BCUT2D eigenvalue weighted by Gasteiger charge is 2.25. The fourth-order valence-corrected chi connectivity index (χ4v) is 5.22. The number of likely N-dealkylation sites (tertiary alicyclic amines) is 2. The minimum atomic E-state index is -0.187. The average Bonchev–Trinajstić information content (AvgIpc) is 3.46. The van der Waals surface area contributed by atoms with Crippen molar-refractivity contribution in [3.05, 3.63) is 58.5 Å². The van der Waals surface area contributed by atoms with E-state index in [0.717, 1.165) is 66.7 Å². The largest absolute Gasteiger partial charge is 0.492 e. The number of hydrogen-bond donors (Lipinski definition) is 2. The molecule has 2 N–H and O–H groups in total. The number of anilines is 2. The van der Waals surface area contributed by atoms with Gasteiger partial charge in [-0.05, 0) is 88.0 Å². The van der Waals surface area contributed by atoms with E-state index in [9.17, 15) is 5.11 Å². The molecule has 0 spiro atoms. The SMILES string of the molecule is Cc1cn(-c2nc(Nc3cc(C)c(OCCN4CCCC4)c(C)c3)ncc2C)cc1CN1CC(O)C1. The zero-order valence-electron chi connectivity index (χ0n) is 21.9. The third kappa shape index (κ3) is 5.56. The van der Waals surface area contributed by atoms with Crippen LogP contribution >= 0.6 is 0 Å². The molecule has 8 nitrogen and oxygen atoms in total. The summed E-state index contributed by atoms with van der Waals surface area (Å²) in [4.78, 5) is 14.1. The van der Waals surface area contributed by atoms with Crippen LogP contribution in [-0.2, 0) is 6.54 Å². The third-order valence-electron chi connectivity index (χ3n) is 7.22. The summed E-state index contributed by atoms with van der Waals surface area (Å²) in [6.45, 7) is 14.7. The minimum Gasteiger partial charge on any atom is -0.492 e. The topological polar surface area (TPSA) is 78.7 Å². The Hall–Kier alpha value is -2.94. The molecule has 2 aliphatic heterocycles. The lowest BCUT2D eigenvalue weighted by molar-refractivity contribution is -0.00295. The van der Waals surface area contributed by atoms with Crippen molar-refractivity contribution in [2.45, 2.75) is 53.2 Å². The van der Waals surface area contributed by atoms with E-state index >= 15 is 0 Å². The number of β-amino-alcohol motifs (C(OH)–C–C–N with tert-alkyl or cyclic N) is 1. The summed E-state index contributed by atoms with van der Waals surface area (Å²) in [5.41, 5.74) is 6.64. The number of nitrogens with one attached hydrogen (secondary N) is 1. The monoisotopic (exact) mass is 490 g/mol. The number of nitrogens with zero attached hydrogens (tertiary/aromatic N) is 5. The molecule has 0 saturated carbocycles. The van der Waals surface area contributed by atoms with Crippen LogP contribution in [0.1, 0.15) is 40.7 Å². The van der Waals surface area contributed by atoms with Crippen LogP contribution in [0.3, 0.4) is 0 Å². The first kappa shape index (κ1) is 24.7. The number of hydrogen-bond acceptors (Lipinski definition) is 7. The maximum atomic E-state index is 9.59. The van der Waals surface area contributed by atoms with Gasteiger partial charge in [-0.25, -0.2) is 4.98 Å². The Balaban J connectivity index is 1.28. The molecule has 1 aromatic carbocycles. The van der Waals surface area contributed by atoms with Crippen LogP contribution in [0.2, 0.25) is 0 Å². The zero-order valence-corrected chi connectivity index (χ0v) is 21.9. The van der Waals surface area contributed by atoms with Gasteiger partial charge >= 0.3 is 0 Å². The molecule has 0 unspecified atom stereocenters. The van der Waals surface area contributed by atoms with Gasteiger partial charge in [0.05, 0.1) is 6.10 Å². The van der Waals surface area contributed by atoms with Crippen LogP contribution in [0, 0.1) is 27.7 Å². The van der Waals surface area contributed by atoms with Gasteiger partial charge in [-0.2, -0.15) is 4.98 Å². The van der Waals surface area contributed by atoms with Gasteiger partial charge in [0, 0.05) is 56.0 Å². The van der Waals surface area contributed by atoms with Gasteiger partial charge in [0.25, 0.3) is 0 Å². The van der Waals surface area contributed by atoms with Gasteiger partial charge in [-0.3, -0.25) is 9.80 Å². The second kappa shape index (κ2) is 10.6. The molecule has 0 amide bonds. The van der Waals surface area contributed by atoms with Crippen LogP contribution in [0.25, 0.3) is 5.82 Å². The Labute approximate surface area is 213 Å². The Morgan fingerprint density at radius 1 is 0.972 bits per heavy atom. The van der Waals surface area contributed by atoms with Crippen molar-refractivity contribution in [1.29, 1.82) is 0 Å². The maximum Gasteiger partial charge on any atom is 0.229 e. The highest BCUT2D eigenvalue weighted by molar-refractivity contribution is 5.60. The van der Waals surface area contributed by atoms with Crippen molar-refractivity contribution >= 4 is 11.6 Å². The molecule has 2 aromatic heterocycles. The summed E-state index contributed by atoms with van der Waals surface area (Å²) in [6, 6.07) is 4.20. The molecular weight excluding hydrogens is 452 g/mol. The molecule has 192 valence electrons. The number of ether oxygens (including phenoxy) is 1. The molecule has 0 radical (unpaired) electrons. The summed E-state index contributed by atoms with van der Waals surface area (Å²) in [5.74, 6) is 2.40. The summed E-state index contributed by atoms with van der Waals surface area (Å²) in [7, 11) is 0. The molecule has 0 aliphatic carbocycles. The third-order valence-corrected chi connectivity index (χ3v) is 7.22. The smallest absolute Gasteiger partial charge is 0.229 e. The molecule has 4 heterocycles. The van der Waals surface area contributed by atoms with E-state index in [0.29, 0.717) is 5.95 Å². The second-order valence-corrected chi connectivity index (χ2v) is 10.4. The van der Waals surface area contributed by atoms with Gasteiger partial charge < -0.3 is 19.7 Å². The van der Waals surface area contributed by atoms with Crippen LogP contribution < -0.4 is 10.1 Å². The van der Waals surface area contributed by atoms with Crippen molar-refractivity contribution in [3.8, 4) is 11.6 Å². The molecule has 36 heavy (non-hydrogen) atoms. The minimum absolute atomic E-state index is 0.187. The molecule has 3 aromatic rings. The van der Waals surface area contributed by atoms with Crippen LogP contribution in [0.4, 0.5) is 11.6 Å². The van der Waals surface area contributed by atoms with Gasteiger partial charge in [0.15, 0.2) is 0 Å². The normalized spacial score (nSPS) is 16.9. The number of aliphatic hydroxyl groups is 1. The number of aliphatic hydroxyl groups excluding tert-OH is 1. The second-order valence-electron chi connectivity index (χ2n) is 10.4. The molecule has 8 heteroatoms. The number of aromatic nitrogens is 3. The van der Waals surface area contributed by atoms with Crippen molar-refractivity contribution in [1.82, 2.24) is 24.3 Å². The first-order valence-electron chi connectivity index (χ1n) is 13.0. The summed E-state index contributed by atoms with van der Waals surface area (Å²) in [6.07, 6.45) is 8.54. The standard InChI is InChI=1S/C28H38N6O2/c1-19-11-24(12-20(2)26(19)36-10-9-32-7-5-6-8-32)30-28-29-13-21(3)27(31-28)34-14-22(4)23(16-34)15-33-17-25(35)18-33/h11-14,16,25,35H,5-10,15,17-18H2,1-4H3,(H,29,30,31). The Morgan fingerprint density at radius 3 is 2.39 bits per heavy atom. The van der Waals surface area contributed by atoms with Gasteiger partial charge in [0.2, 0.25) is 5.95 Å². The van der Waals surface area contributed by atoms with E-state index in [1.807, 2.05) is 13.1 Å². The summed E-state index contributed by atoms with van der Waals surface area (Å²) in [5, 5.41) is 13.0. The van der Waals surface area contributed by atoms with Crippen LogP contribution in [0.15, 0.2) is 30.7 Å². The van der Waals surface area contributed by atoms with Gasteiger partial charge in [-0.1, -0.05) is 0 Å². The fourth-order valence-electron chi connectivity index (χ4n) is 5.22. The first-order valence-corrected chi connectivity index (χ1v) is 13.0. The van der Waals surface area contributed by atoms with E-state index in [4.69, 9.17) is 9.72 Å². The van der Waals surface area contributed by atoms with Crippen molar-refractivity contribution in [3.63, 3.8) is 0 Å². The number of rotatable bonds is 9. The van der Waals surface area contributed by atoms with E-state index in [2.05, 4.69) is 70.0 Å². The molecule has 2 fully saturated rings. The van der Waals surface area contributed by atoms with Crippen molar-refractivity contribution in [2.75, 3.05) is 44.6 Å². The summed E-state index contributed by atoms with van der Waals surface area (Å²) >= 11 is 0. The van der Waals surface area contributed by atoms with Gasteiger partial charge in [0.1, 0.15) is 18.2 Å². The Kier molecular flexibility index (Phi) is 7.27. The number of benzene rings is 1. The molecular formula is C28H38N6O2. The average molecular weight is 491 g/mol.